The van der Waals surface area contributed by atoms with Crippen molar-refractivity contribution < 1.29 is 19.3 Å². The van der Waals surface area contributed by atoms with E-state index in [0.717, 1.165) is 5.56 Å². The fraction of sp³-hybridized carbons (Fsp3) is 0.538. The maximum atomic E-state index is 9.47. The van der Waals surface area contributed by atoms with Gasteiger partial charge in [-0.05, 0) is 17.7 Å². The third-order valence-electron chi connectivity index (χ3n) is 2.80. The molecule has 1 aromatic carbocycles. The fourth-order valence-electron chi connectivity index (χ4n) is 2.01. The Hall–Kier alpha value is -1.46. The molecule has 0 aromatic heterocycles. The summed E-state index contributed by atoms with van der Waals surface area (Å²) >= 11 is 0. The van der Waals surface area contributed by atoms with Crippen molar-refractivity contribution in [1.82, 2.24) is 5.32 Å². The van der Waals surface area contributed by atoms with E-state index in [9.17, 15) is 5.11 Å². The molecule has 0 fully saturated rings. The van der Waals surface area contributed by atoms with E-state index in [4.69, 9.17) is 14.2 Å². The first-order valence-corrected chi connectivity index (χ1v) is 6.00. The summed E-state index contributed by atoms with van der Waals surface area (Å²) in [5, 5.41) is 12.8. The van der Waals surface area contributed by atoms with Crippen LogP contribution in [0.5, 0.6) is 17.2 Å². The summed E-state index contributed by atoms with van der Waals surface area (Å²) in [6.07, 6.45) is 0. The van der Waals surface area contributed by atoms with Crippen LogP contribution in [0.25, 0.3) is 0 Å². The summed E-state index contributed by atoms with van der Waals surface area (Å²) in [5.41, 5.74) is 0.923. The van der Waals surface area contributed by atoms with Crippen LogP contribution in [0, 0.1) is 0 Å². The Morgan fingerprint density at radius 1 is 1.39 bits per heavy atom. The molecule has 100 valence electrons. The van der Waals surface area contributed by atoms with Gasteiger partial charge in [0.05, 0.1) is 19.8 Å². The van der Waals surface area contributed by atoms with Crippen LogP contribution in [-0.4, -0.2) is 31.7 Å². The quantitative estimate of drug-likeness (QED) is 0.832. The van der Waals surface area contributed by atoms with E-state index in [1.165, 1.54) is 0 Å². The van der Waals surface area contributed by atoms with E-state index in [0.29, 0.717) is 17.2 Å². The first-order valence-electron chi connectivity index (χ1n) is 6.00. The molecule has 5 nitrogen and oxygen atoms in total. The fourth-order valence-corrected chi connectivity index (χ4v) is 2.01. The number of aliphatic hydroxyl groups is 1. The molecule has 1 atom stereocenters. The molecule has 0 aliphatic carbocycles. The van der Waals surface area contributed by atoms with E-state index in [2.05, 4.69) is 5.32 Å². The maximum Gasteiger partial charge on any atom is 0.231 e. The first-order chi connectivity index (χ1) is 8.65. The molecule has 2 rings (SSSR count). The smallest absolute Gasteiger partial charge is 0.231 e. The lowest BCUT2D eigenvalue weighted by Crippen LogP contribution is -2.30. The SMILES string of the molecule is COc1cc(C(CO)NC(C)C)cc2c1OCO2. The summed E-state index contributed by atoms with van der Waals surface area (Å²) in [6, 6.07) is 3.87. The Labute approximate surface area is 107 Å². The summed E-state index contributed by atoms with van der Waals surface area (Å²) < 4.78 is 16.0. The van der Waals surface area contributed by atoms with Gasteiger partial charge in [-0.2, -0.15) is 0 Å². The molecule has 2 N–H and O–H groups in total. The molecule has 5 heteroatoms. The van der Waals surface area contributed by atoms with E-state index >= 15 is 0 Å². The van der Waals surface area contributed by atoms with Gasteiger partial charge in [0.15, 0.2) is 11.5 Å². The molecular weight excluding hydrogens is 234 g/mol. The first kappa shape index (κ1) is 13.0. The highest BCUT2D eigenvalue weighted by Crippen LogP contribution is 2.42. The Kier molecular flexibility index (Phi) is 3.93. The van der Waals surface area contributed by atoms with E-state index in [1.54, 1.807) is 7.11 Å². The minimum atomic E-state index is -0.145. The van der Waals surface area contributed by atoms with Crippen molar-refractivity contribution in [3.05, 3.63) is 17.7 Å². The van der Waals surface area contributed by atoms with Crippen LogP contribution in [0.4, 0.5) is 0 Å². The van der Waals surface area contributed by atoms with Crippen LogP contribution in [0.1, 0.15) is 25.5 Å². The van der Waals surface area contributed by atoms with Crippen molar-refractivity contribution in [1.29, 1.82) is 0 Å². The molecule has 0 bridgehead atoms. The van der Waals surface area contributed by atoms with Gasteiger partial charge in [0.25, 0.3) is 0 Å². The number of aliphatic hydroxyl groups excluding tert-OH is 1. The summed E-state index contributed by atoms with van der Waals surface area (Å²) in [5.74, 6) is 1.92. The van der Waals surface area contributed by atoms with Crippen LogP contribution in [-0.2, 0) is 0 Å². The number of methoxy groups -OCH3 is 1. The van der Waals surface area contributed by atoms with Gasteiger partial charge >= 0.3 is 0 Å². The van der Waals surface area contributed by atoms with Gasteiger partial charge in [0.1, 0.15) is 0 Å². The van der Waals surface area contributed by atoms with E-state index in [1.807, 2.05) is 26.0 Å². The highest BCUT2D eigenvalue weighted by molar-refractivity contribution is 5.55. The minimum absolute atomic E-state index is 0.0149. The zero-order valence-corrected chi connectivity index (χ0v) is 10.9. The lowest BCUT2D eigenvalue weighted by Gasteiger charge is -2.20. The van der Waals surface area contributed by atoms with Crippen LogP contribution in [0.15, 0.2) is 12.1 Å². The molecule has 0 amide bonds. The van der Waals surface area contributed by atoms with Crippen molar-refractivity contribution in [2.75, 3.05) is 20.5 Å². The summed E-state index contributed by atoms with van der Waals surface area (Å²) in [6.45, 7) is 4.29. The van der Waals surface area contributed by atoms with Gasteiger partial charge in [-0.25, -0.2) is 0 Å². The van der Waals surface area contributed by atoms with Gasteiger partial charge in [0.2, 0.25) is 12.5 Å². The third kappa shape index (κ3) is 2.52. The van der Waals surface area contributed by atoms with Gasteiger partial charge in [-0.3, -0.25) is 0 Å². The van der Waals surface area contributed by atoms with Crippen LogP contribution in [0.3, 0.4) is 0 Å². The van der Waals surface area contributed by atoms with Crippen LogP contribution in [0.2, 0.25) is 0 Å². The molecule has 0 saturated carbocycles. The highest BCUT2D eigenvalue weighted by Gasteiger charge is 2.23. The number of ether oxygens (including phenoxy) is 3. The van der Waals surface area contributed by atoms with Crippen LogP contribution < -0.4 is 19.5 Å². The topological polar surface area (TPSA) is 60.0 Å². The van der Waals surface area contributed by atoms with Crippen molar-refractivity contribution in [3.63, 3.8) is 0 Å². The Morgan fingerprint density at radius 3 is 2.78 bits per heavy atom. The molecule has 1 aliphatic heterocycles. The van der Waals surface area contributed by atoms with Gasteiger partial charge in [-0.1, -0.05) is 13.8 Å². The molecule has 1 aromatic rings. The number of nitrogens with one attached hydrogen (secondary N) is 1. The van der Waals surface area contributed by atoms with E-state index in [-0.39, 0.29) is 25.5 Å². The Bertz CT molecular complexity index is 420. The number of hydrogen-bond donors (Lipinski definition) is 2. The van der Waals surface area contributed by atoms with Crippen molar-refractivity contribution in [3.8, 4) is 17.2 Å². The zero-order valence-electron chi connectivity index (χ0n) is 10.9. The normalized spacial score (nSPS) is 14.9. The minimum Gasteiger partial charge on any atom is -0.493 e. The largest absolute Gasteiger partial charge is 0.493 e. The molecule has 1 heterocycles. The summed E-state index contributed by atoms with van der Waals surface area (Å²) in [4.78, 5) is 0. The van der Waals surface area contributed by atoms with Gasteiger partial charge < -0.3 is 24.6 Å². The number of benzene rings is 1. The molecule has 0 spiro atoms. The van der Waals surface area contributed by atoms with Gasteiger partial charge in [-0.15, -0.1) is 0 Å². The molecule has 0 saturated heterocycles. The predicted molar refractivity (Wildman–Crippen MR) is 67.2 cm³/mol. The molecule has 1 aliphatic rings. The van der Waals surface area contributed by atoms with Crippen LogP contribution >= 0.6 is 0 Å². The zero-order chi connectivity index (χ0) is 13.1. The van der Waals surface area contributed by atoms with Crippen molar-refractivity contribution in [2.24, 2.45) is 0 Å². The number of fused-ring (bicyclic) bond motifs is 1. The summed E-state index contributed by atoms with van der Waals surface area (Å²) in [7, 11) is 1.59. The number of hydrogen-bond acceptors (Lipinski definition) is 5. The number of rotatable bonds is 5. The third-order valence-corrected chi connectivity index (χ3v) is 2.80. The maximum absolute atomic E-state index is 9.47. The predicted octanol–water partition coefficient (Wildman–Crippen LogP) is 1.46. The molecule has 18 heavy (non-hydrogen) atoms. The monoisotopic (exact) mass is 253 g/mol. The van der Waals surface area contributed by atoms with Crippen molar-refractivity contribution in [2.45, 2.75) is 25.9 Å². The lowest BCUT2D eigenvalue weighted by atomic mass is 10.1. The van der Waals surface area contributed by atoms with Gasteiger partial charge in [0, 0.05) is 6.04 Å². The Morgan fingerprint density at radius 2 is 2.17 bits per heavy atom. The lowest BCUT2D eigenvalue weighted by molar-refractivity contribution is 0.171. The van der Waals surface area contributed by atoms with Crippen molar-refractivity contribution >= 4 is 0 Å². The highest BCUT2D eigenvalue weighted by atomic mass is 16.7. The Balaban J connectivity index is 2.32. The molecule has 0 radical (unpaired) electrons. The standard InChI is InChI=1S/C13H19NO4/c1-8(2)14-10(6-15)9-4-11(16-3)13-12(5-9)17-7-18-13/h4-5,8,10,14-15H,6-7H2,1-3H3. The average molecular weight is 253 g/mol. The second kappa shape index (κ2) is 5.46. The van der Waals surface area contributed by atoms with E-state index < -0.39 is 0 Å². The molecular formula is C13H19NO4. The average Bonchev–Trinajstić information content (AvgIpc) is 2.82. The second-order valence-electron chi connectivity index (χ2n) is 4.51. The second-order valence-corrected chi connectivity index (χ2v) is 4.51. The molecule has 1 unspecified atom stereocenters.